The Hall–Kier alpha value is -2.10. The molecule has 0 aliphatic carbocycles. The van der Waals surface area contributed by atoms with Gasteiger partial charge in [0.05, 0.1) is 6.54 Å². The number of hydrogen-bond donors (Lipinski definition) is 1. The molecule has 0 saturated carbocycles. The van der Waals surface area contributed by atoms with Crippen molar-refractivity contribution in [2.75, 3.05) is 26.7 Å². The van der Waals surface area contributed by atoms with Crippen molar-refractivity contribution in [2.24, 2.45) is 12.0 Å². The summed E-state index contributed by atoms with van der Waals surface area (Å²) in [6, 6.07) is 9.78. The second kappa shape index (κ2) is 11.5. The summed E-state index contributed by atoms with van der Waals surface area (Å²) < 4.78 is 7.68. The quantitative estimate of drug-likeness (QED) is 0.278. The molecule has 0 atom stereocenters. The monoisotopic (exact) mass is 470 g/mol. The summed E-state index contributed by atoms with van der Waals surface area (Å²) in [5.41, 5.74) is 0. The highest BCUT2D eigenvalue weighted by Crippen LogP contribution is 2.08. The number of likely N-dealkylation sites (N-methyl/N-ethyl adjacent to an activating group) is 1. The SMILES string of the molecule is C=CCNC(=NCc1nnc(C)n1C)N(C)CCOc1ccccc1.I. The van der Waals surface area contributed by atoms with E-state index < -0.39 is 0 Å². The van der Waals surface area contributed by atoms with Crippen LogP contribution in [0.1, 0.15) is 11.6 Å². The lowest BCUT2D eigenvalue weighted by atomic mass is 10.3. The molecule has 0 aliphatic rings. The minimum absolute atomic E-state index is 0. The van der Waals surface area contributed by atoms with Crippen LogP contribution in [0.25, 0.3) is 0 Å². The summed E-state index contributed by atoms with van der Waals surface area (Å²) in [5.74, 6) is 3.33. The van der Waals surface area contributed by atoms with Gasteiger partial charge in [-0.25, -0.2) is 4.99 Å². The third kappa shape index (κ3) is 6.66. The van der Waals surface area contributed by atoms with Crippen LogP contribution in [0, 0.1) is 6.92 Å². The lowest BCUT2D eigenvalue weighted by molar-refractivity contribution is 0.281. The molecule has 0 saturated heterocycles. The Kier molecular flexibility index (Phi) is 9.71. The van der Waals surface area contributed by atoms with E-state index in [1.54, 1.807) is 6.08 Å². The van der Waals surface area contributed by atoms with Crippen molar-refractivity contribution in [2.45, 2.75) is 13.5 Å². The Bertz CT molecular complexity index is 701. The molecular weight excluding hydrogens is 443 g/mol. The maximum atomic E-state index is 5.75. The zero-order chi connectivity index (χ0) is 18.1. The number of aliphatic imine (C=N–C) groups is 1. The van der Waals surface area contributed by atoms with Crippen LogP contribution in [-0.2, 0) is 13.6 Å². The normalized spacial score (nSPS) is 10.8. The van der Waals surface area contributed by atoms with E-state index in [0.29, 0.717) is 26.2 Å². The minimum Gasteiger partial charge on any atom is -0.492 e. The topological polar surface area (TPSA) is 67.6 Å². The number of para-hydroxylation sites is 1. The number of nitrogens with zero attached hydrogens (tertiary/aromatic N) is 5. The van der Waals surface area contributed by atoms with Crippen molar-refractivity contribution in [3.63, 3.8) is 0 Å². The highest BCUT2D eigenvalue weighted by molar-refractivity contribution is 14.0. The standard InChI is InChI=1S/C18H26N6O.HI/c1-5-11-19-18(20-14-17-22-21-15(2)24(17)4)23(3)12-13-25-16-9-7-6-8-10-16;/h5-10H,1,11-14H2,2-4H3,(H,19,20);1H. The van der Waals surface area contributed by atoms with Crippen molar-refractivity contribution in [1.82, 2.24) is 25.0 Å². The number of aryl methyl sites for hydroxylation is 1. The third-order valence-electron chi connectivity index (χ3n) is 3.76. The highest BCUT2D eigenvalue weighted by atomic mass is 127. The van der Waals surface area contributed by atoms with Gasteiger partial charge in [0, 0.05) is 20.6 Å². The fraction of sp³-hybridized carbons (Fsp3) is 0.389. The molecule has 7 nitrogen and oxygen atoms in total. The van der Waals surface area contributed by atoms with Gasteiger partial charge in [0.25, 0.3) is 0 Å². The third-order valence-corrected chi connectivity index (χ3v) is 3.76. The number of guanidine groups is 1. The lowest BCUT2D eigenvalue weighted by Crippen LogP contribution is -2.41. The molecule has 0 aliphatic heterocycles. The molecule has 0 radical (unpaired) electrons. The molecule has 8 heteroatoms. The molecule has 26 heavy (non-hydrogen) atoms. The van der Waals surface area contributed by atoms with Crippen LogP contribution >= 0.6 is 24.0 Å². The lowest BCUT2D eigenvalue weighted by Gasteiger charge is -2.22. The number of benzene rings is 1. The number of halogens is 1. The Morgan fingerprint density at radius 3 is 2.69 bits per heavy atom. The first-order valence-corrected chi connectivity index (χ1v) is 8.25. The molecule has 2 rings (SSSR count). The number of ether oxygens (including phenoxy) is 1. The smallest absolute Gasteiger partial charge is 0.194 e. The summed E-state index contributed by atoms with van der Waals surface area (Å²) in [5, 5.41) is 11.5. The molecule has 1 aromatic heterocycles. The van der Waals surface area contributed by atoms with Gasteiger partial charge in [0.15, 0.2) is 11.8 Å². The first-order valence-electron chi connectivity index (χ1n) is 8.25. The Balaban J connectivity index is 0.00000338. The van der Waals surface area contributed by atoms with Gasteiger partial charge in [-0.1, -0.05) is 24.3 Å². The first kappa shape index (κ1) is 21.9. The second-order valence-corrected chi connectivity index (χ2v) is 5.61. The van der Waals surface area contributed by atoms with E-state index >= 15 is 0 Å². The molecular formula is C18H27IN6O. The molecule has 0 fully saturated rings. The van der Waals surface area contributed by atoms with E-state index in [0.717, 1.165) is 23.4 Å². The molecule has 0 amide bonds. The molecule has 2 aromatic rings. The number of hydrogen-bond acceptors (Lipinski definition) is 4. The van der Waals surface area contributed by atoms with Crippen molar-refractivity contribution in [1.29, 1.82) is 0 Å². The van der Waals surface area contributed by atoms with Crippen LogP contribution in [0.2, 0.25) is 0 Å². The second-order valence-electron chi connectivity index (χ2n) is 5.61. The van der Waals surface area contributed by atoms with E-state index in [2.05, 4.69) is 27.1 Å². The Labute approximate surface area is 172 Å². The summed E-state index contributed by atoms with van der Waals surface area (Å²) in [6.45, 7) is 8.03. The number of rotatable bonds is 8. The van der Waals surface area contributed by atoms with Gasteiger partial charge < -0.3 is 19.5 Å². The van der Waals surface area contributed by atoms with Crippen LogP contribution in [0.4, 0.5) is 0 Å². The van der Waals surface area contributed by atoms with E-state index in [4.69, 9.17) is 4.74 Å². The summed E-state index contributed by atoms with van der Waals surface area (Å²) in [7, 11) is 3.92. The highest BCUT2D eigenvalue weighted by Gasteiger charge is 2.08. The van der Waals surface area contributed by atoms with Crippen molar-refractivity contribution < 1.29 is 4.74 Å². The van der Waals surface area contributed by atoms with Crippen LogP contribution in [-0.4, -0.2) is 52.4 Å². The predicted octanol–water partition coefficient (Wildman–Crippen LogP) is 2.38. The van der Waals surface area contributed by atoms with E-state index in [9.17, 15) is 0 Å². The van der Waals surface area contributed by atoms with Crippen LogP contribution in [0.15, 0.2) is 48.0 Å². The van der Waals surface area contributed by atoms with Gasteiger partial charge in [-0.05, 0) is 19.1 Å². The zero-order valence-corrected chi connectivity index (χ0v) is 17.9. The van der Waals surface area contributed by atoms with Crippen LogP contribution < -0.4 is 10.1 Å². The molecule has 1 aromatic carbocycles. The Morgan fingerprint density at radius 1 is 1.35 bits per heavy atom. The average Bonchev–Trinajstić information content (AvgIpc) is 2.94. The van der Waals surface area contributed by atoms with Crippen molar-refractivity contribution >= 4 is 29.9 Å². The first-order chi connectivity index (χ1) is 12.1. The largest absolute Gasteiger partial charge is 0.492 e. The maximum Gasteiger partial charge on any atom is 0.194 e. The minimum atomic E-state index is 0. The summed E-state index contributed by atoms with van der Waals surface area (Å²) in [6.07, 6.45) is 1.80. The fourth-order valence-electron chi connectivity index (χ4n) is 2.13. The van der Waals surface area contributed by atoms with Crippen LogP contribution in [0.5, 0.6) is 5.75 Å². The van der Waals surface area contributed by atoms with Gasteiger partial charge in [-0.3, -0.25) is 0 Å². The molecule has 0 bridgehead atoms. The van der Waals surface area contributed by atoms with E-state index in [1.807, 2.05) is 60.8 Å². The van der Waals surface area contributed by atoms with Gasteiger partial charge in [0.2, 0.25) is 0 Å². The summed E-state index contributed by atoms with van der Waals surface area (Å²) >= 11 is 0. The molecule has 0 spiro atoms. The predicted molar refractivity (Wildman–Crippen MR) is 115 cm³/mol. The van der Waals surface area contributed by atoms with Crippen molar-refractivity contribution in [3.8, 4) is 5.75 Å². The van der Waals surface area contributed by atoms with Gasteiger partial charge in [0.1, 0.15) is 24.7 Å². The van der Waals surface area contributed by atoms with Gasteiger partial charge in [-0.15, -0.1) is 40.8 Å². The molecule has 1 heterocycles. The zero-order valence-electron chi connectivity index (χ0n) is 15.6. The van der Waals surface area contributed by atoms with Crippen LogP contribution in [0.3, 0.4) is 0 Å². The molecule has 142 valence electrons. The van der Waals surface area contributed by atoms with Gasteiger partial charge >= 0.3 is 0 Å². The van der Waals surface area contributed by atoms with E-state index in [-0.39, 0.29) is 24.0 Å². The van der Waals surface area contributed by atoms with E-state index in [1.165, 1.54) is 0 Å². The van der Waals surface area contributed by atoms with Crippen molar-refractivity contribution in [3.05, 3.63) is 54.6 Å². The summed E-state index contributed by atoms with van der Waals surface area (Å²) in [4.78, 5) is 6.66. The number of aromatic nitrogens is 3. The fourth-order valence-corrected chi connectivity index (χ4v) is 2.13. The maximum absolute atomic E-state index is 5.75. The molecule has 0 unspecified atom stereocenters. The Morgan fingerprint density at radius 2 is 2.08 bits per heavy atom. The average molecular weight is 470 g/mol. The molecule has 1 N–H and O–H groups in total. The van der Waals surface area contributed by atoms with Gasteiger partial charge in [-0.2, -0.15) is 0 Å². The number of nitrogens with one attached hydrogen (secondary N) is 1.